The highest BCUT2D eigenvalue weighted by molar-refractivity contribution is 6.17. The Bertz CT molecular complexity index is 437. The number of benzene rings is 1. The van der Waals surface area contributed by atoms with Crippen LogP contribution in [0.1, 0.15) is 16.7 Å². The first-order valence-electron chi connectivity index (χ1n) is 4.11. The number of carbonyl (C=O) groups is 1. The SMILES string of the molecule is N#Cc1c(CC(=O)O)ccc(O)c1CCl. The largest absolute Gasteiger partial charge is 0.508 e. The van der Waals surface area contributed by atoms with Crippen LogP contribution in [0, 0.1) is 11.3 Å². The van der Waals surface area contributed by atoms with Gasteiger partial charge >= 0.3 is 5.97 Å². The number of halogens is 1. The fourth-order valence-corrected chi connectivity index (χ4v) is 1.54. The van der Waals surface area contributed by atoms with E-state index < -0.39 is 5.97 Å². The number of hydrogen-bond acceptors (Lipinski definition) is 3. The average molecular weight is 226 g/mol. The third-order valence-corrected chi connectivity index (χ3v) is 2.23. The molecule has 0 aliphatic heterocycles. The molecule has 1 aromatic rings. The van der Waals surface area contributed by atoms with Gasteiger partial charge in [-0.2, -0.15) is 5.26 Å². The minimum absolute atomic E-state index is 0.0256. The van der Waals surface area contributed by atoms with Crippen LogP contribution in [0.3, 0.4) is 0 Å². The monoisotopic (exact) mass is 225 g/mol. The molecule has 1 rings (SSSR count). The number of phenolic OH excluding ortho intramolecular Hbond substituents is 1. The summed E-state index contributed by atoms with van der Waals surface area (Å²) in [6.07, 6.45) is -0.257. The summed E-state index contributed by atoms with van der Waals surface area (Å²) < 4.78 is 0. The number of carboxylic acid groups (broad SMARTS) is 1. The van der Waals surface area contributed by atoms with E-state index in [0.717, 1.165) is 0 Å². The Morgan fingerprint density at radius 3 is 2.67 bits per heavy atom. The molecule has 0 bridgehead atoms. The fourth-order valence-electron chi connectivity index (χ4n) is 1.27. The second-order valence-electron chi connectivity index (χ2n) is 2.91. The minimum atomic E-state index is -1.03. The smallest absolute Gasteiger partial charge is 0.307 e. The fraction of sp³-hybridized carbons (Fsp3) is 0.200. The van der Waals surface area contributed by atoms with Crippen molar-refractivity contribution in [2.24, 2.45) is 0 Å². The molecule has 78 valence electrons. The molecule has 0 unspecified atom stereocenters. The van der Waals surface area contributed by atoms with Crippen LogP contribution in [0.4, 0.5) is 0 Å². The second kappa shape index (κ2) is 4.67. The molecule has 0 atom stereocenters. The van der Waals surface area contributed by atoms with Gasteiger partial charge in [0.15, 0.2) is 0 Å². The summed E-state index contributed by atoms with van der Waals surface area (Å²) in [4.78, 5) is 10.5. The maximum atomic E-state index is 10.5. The van der Waals surface area contributed by atoms with E-state index in [9.17, 15) is 9.90 Å². The van der Waals surface area contributed by atoms with Crippen LogP contribution in [0.25, 0.3) is 0 Å². The summed E-state index contributed by atoms with van der Waals surface area (Å²) in [6.45, 7) is 0. The van der Waals surface area contributed by atoms with Crippen LogP contribution in [0.5, 0.6) is 5.75 Å². The van der Waals surface area contributed by atoms with Crippen molar-refractivity contribution in [3.05, 3.63) is 28.8 Å². The highest BCUT2D eigenvalue weighted by Crippen LogP contribution is 2.26. The number of nitrogens with zero attached hydrogens (tertiary/aromatic N) is 1. The summed E-state index contributed by atoms with van der Waals surface area (Å²) in [5, 5.41) is 26.9. The molecule has 0 saturated carbocycles. The highest BCUT2D eigenvalue weighted by Gasteiger charge is 2.13. The topological polar surface area (TPSA) is 81.3 Å². The lowest BCUT2D eigenvalue weighted by Gasteiger charge is -2.07. The Hall–Kier alpha value is -1.73. The first-order chi connectivity index (χ1) is 7.10. The van der Waals surface area contributed by atoms with Crippen LogP contribution in [-0.2, 0) is 17.1 Å². The maximum Gasteiger partial charge on any atom is 0.307 e. The van der Waals surface area contributed by atoms with Gasteiger partial charge in [0.05, 0.1) is 23.9 Å². The zero-order valence-electron chi connectivity index (χ0n) is 7.70. The summed E-state index contributed by atoms with van der Waals surface area (Å²) >= 11 is 5.57. The Kier molecular flexibility index (Phi) is 3.53. The van der Waals surface area contributed by atoms with Crippen LogP contribution in [0.15, 0.2) is 12.1 Å². The van der Waals surface area contributed by atoms with Gasteiger partial charge in [-0.25, -0.2) is 0 Å². The first kappa shape index (κ1) is 11.3. The van der Waals surface area contributed by atoms with E-state index in [-0.39, 0.29) is 29.2 Å². The lowest BCUT2D eigenvalue weighted by molar-refractivity contribution is -0.136. The number of nitriles is 1. The van der Waals surface area contributed by atoms with Crippen molar-refractivity contribution in [2.75, 3.05) is 0 Å². The van der Waals surface area contributed by atoms with Crippen molar-refractivity contribution in [3.8, 4) is 11.8 Å². The summed E-state index contributed by atoms with van der Waals surface area (Å²) in [6, 6.07) is 4.61. The van der Waals surface area contributed by atoms with E-state index in [1.807, 2.05) is 6.07 Å². The Labute approximate surface area is 91.3 Å². The van der Waals surface area contributed by atoms with Crippen molar-refractivity contribution in [3.63, 3.8) is 0 Å². The lowest BCUT2D eigenvalue weighted by Crippen LogP contribution is -2.04. The van der Waals surface area contributed by atoms with Crippen LogP contribution in [0.2, 0.25) is 0 Å². The van der Waals surface area contributed by atoms with Crippen molar-refractivity contribution in [1.29, 1.82) is 5.26 Å². The zero-order valence-corrected chi connectivity index (χ0v) is 8.45. The molecule has 0 heterocycles. The molecule has 0 saturated heterocycles. The first-order valence-corrected chi connectivity index (χ1v) is 4.65. The third-order valence-electron chi connectivity index (χ3n) is 1.96. The van der Waals surface area contributed by atoms with Gasteiger partial charge in [-0.1, -0.05) is 6.07 Å². The van der Waals surface area contributed by atoms with Crippen molar-refractivity contribution < 1.29 is 15.0 Å². The van der Waals surface area contributed by atoms with Crippen molar-refractivity contribution in [2.45, 2.75) is 12.3 Å². The van der Waals surface area contributed by atoms with E-state index in [4.69, 9.17) is 22.0 Å². The molecule has 0 amide bonds. The van der Waals surface area contributed by atoms with Gasteiger partial charge in [0.2, 0.25) is 0 Å². The number of phenols is 1. The van der Waals surface area contributed by atoms with Crippen molar-refractivity contribution in [1.82, 2.24) is 0 Å². The van der Waals surface area contributed by atoms with Gasteiger partial charge in [0.25, 0.3) is 0 Å². The molecule has 4 nitrogen and oxygen atoms in total. The maximum absolute atomic E-state index is 10.5. The van der Waals surface area contributed by atoms with Gasteiger partial charge in [-0.15, -0.1) is 11.6 Å². The predicted octanol–water partition coefficient (Wildman–Crippen LogP) is 1.63. The van der Waals surface area contributed by atoms with E-state index >= 15 is 0 Å². The lowest BCUT2D eigenvalue weighted by atomic mass is 10.00. The Morgan fingerprint density at radius 1 is 1.53 bits per heavy atom. The minimum Gasteiger partial charge on any atom is -0.508 e. The molecule has 0 aliphatic carbocycles. The normalized spacial score (nSPS) is 9.60. The van der Waals surface area contributed by atoms with E-state index in [1.54, 1.807) is 0 Å². The predicted molar refractivity (Wildman–Crippen MR) is 53.7 cm³/mol. The van der Waals surface area contributed by atoms with E-state index in [2.05, 4.69) is 0 Å². The molecule has 0 radical (unpaired) electrons. The van der Waals surface area contributed by atoms with Crippen LogP contribution < -0.4 is 0 Å². The number of aromatic hydroxyl groups is 1. The van der Waals surface area contributed by atoms with Crippen LogP contribution in [-0.4, -0.2) is 16.2 Å². The molecule has 15 heavy (non-hydrogen) atoms. The molecular weight excluding hydrogens is 218 g/mol. The van der Waals surface area contributed by atoms with E-state index in [0.29, 0.717) is 5.56 Å². The Balaban J connectivity index is 3.30. The van der Waals surface area contributed by atoms with E-state index in [1.165, 1.54) is 12.1 Å². The second-order valence-corrected chi connectivity index (χ2v) is 3.18. The Morgan fingerprint density at radius 2 is 2.20 bits per heavy atom. The van der Waals surface area contributed by atoms with Gasteiger partial charge < -0.3 is 10.2 Å². The molecule has 0 aliphatic rings. The summed E-state index contributed by atoms with van der Waals surface area (Å²) in [7, 11) is 0. The summed E-state index contributed by atoms with van der Waals surface area (Å²) in [5.41, 5.74) is 0.781. The quantitative estimate of drug-likeness (QED) is 0.766. The van der Waals surface area contributed by atoms with Crippen LogP contribution >= 0.6 is 11.6 Å². The molecular formula is C10H8ClNO3. The van der Waals surface area contributed by atoms with Crippen molar-refractivity contribution >= 4 is 17.6 Å². The third kappa shape index (κ3) is 2.39. The average Bonchev–Trinajstić information content (AvgIpc) is 2.19. The number of carboxylic acids is 1. The number of aliphatic carboxylic acids is 1. The van der Waals surface area contributed by atoms with Gasteiger partial charge in [-0.3, -0.25) is 4.79 Å². The number of rotatable bonds is 3. The van der Waals surface area contributed by atoms with Gasteiger partial charge in [0.1, 0.15) is 5.75 Å². The highest BCUT2D eigenvalue weighted by atomic mass is 35.5. The summed E-state index contributed by atoms with van der Waals surface area (Å²) in [5.74, 6) is -1.14. The molecule has 1 aromatic carbocycles. The molecule has 0 aromatic heterocycles. The molecule has 0 spiro atoms. The zero-order chi connectivity index (χ0) is 11.4. The number of hydrogen-bond donors (Lipinski definition) is 2. The standard InChI is InChI=1S/C10H8ClNO3/c11-4-7-8(5-12)6(3-10(14)15)1-2-9(7)13/h1-2,13H,3-4H2,(H,14,15). The molecule has 5 heteroatoms. The van der Waals surface area contributed by atoms with Gasteiger partial charge in [0, 0.05) is 5.56 Å². The molecule has 2 N–H and O–H groups in total. The van der Waals surface area contributed by atoms with Gasteiger partial charge in [-0.05, 0) is 11.6 Å². The number of alkyl halides is 1. The molecule has 0 fully saturated rings.